The molecule has 0 radical (unpaired) electrons. The molecule has 0 spiro atoms. The van der Waals surface area contributed by atoms with Gasteiger partial charge in [0, 0.05) is 19.4 Å². The zero-order chi connectivity index (χ0) is 19.2. The van der Waals surface area contributed by atoms with Crippen LogP contribution in [0, 0.1) is 0 Å². The second-order valence-electron chi connectivity index (χ2n) is 6.63. The van der Waals surface area contributed by atoms with Gasteiger partial charge in [0.2, 0.25) is 5.91 Å². The number of carbonyl (C=O) groups is 1. The molecule has 1 heterocycles. The molecule has 1 atom stereocenters. The number of thiazole rings is 1. The van der Waals surface area contributed by atoms with Gasteiger partial charge < -0.3 is 15.0 Å². The second-order valence-corrected chi connectivity index (χ2v) is 7.75. The smallest absolute Gasteiger partial charge is 0.220 e. The minimum atomic E-state index is 0.0506. The summed E-state index contributed by atoms with van der Waals surface area (Å²) in [6.07, 6.45) is 1.11. The molecule has 27 heavy (non-hydrogen) atoms. The van der Waals surface area contributed by atoms with Gasteiger partial charge >= 0.3 is 0 Å². The van der Waals surface area contributed by atoms with Crippen LogP contribution in [0.4, 0.5) is 0 Å². The highest BCUT2D eigenvalue weighted by molar-refractivity contribution is 7.18. The maximum Gasteiger partial charge on any atom is 0.220 e. The first kappa shape index (κ1) is 19.3. The molecule has 5 nitrogen and oxygen atoms in total. The molecule has 2 aromatic carbocycles. The minimum Gasteiger partial charge on any atom is -0.497 e. The molecule has 1 aromatic heterocycles. The molecular formula is C21H25N3O2S. The standard InChI is InChI=1S/C21H25N3O2S/c1-24(2)18(15-8-10-16(26-3)11-9-15)14-22-20(25)12-13-21-23-17-6-4-5-7-19(17)27-21/h4-11,18H,12-14H2,1-3H3,(H,22,25). The van der Waals surface area contributed by atoms with Crippen molar-refractivity contribution in [3.63, 3.8) is 0 Å². The predicted molar refractivity (Wildman–Crippen MR) is 110 cm³/mol. The number of para-hydroxylation sites is 1. The fraction of sp³-hybridized carbons (Fsp3) is 0.333. The van der Waals surface area contributed by atoms with Crippen LogP contribution in [-0.2, 0) is 11.2 Å². The minimum absolute atomic E-state index is 0.0506. The molecule has 0 saturated carbocycles. The molecule has 1 amide bonds. The number of ether oxygens (including phenoxy) is 1. The number of fused-ring (bicyclic) bond motifs is 1. The van der Waals surface area contributed by atoms with Crippen LogP contribution in [0.2, 0.25) is 0 Å². The molecule has 0 aliphatic carbocycles. The van der Waals surface area contributed by atoms with Gasteiger partial charge in [-0.3, -0.25) is 4.79 Å². The number of carbonyl (C=O) groups excluding carboxylic acids is 1. The maximum atomic E-state index is 12.3. The second kappa shape index (κ2) is 8.97. The zero-order valence-electron chi connectivity index (χ0n) is 15.9. The van der Waals surface area contributed by atoms with Crippen molar-refractivity contribution in [1.29, 1.82) is 0 Å². The lowest BCUT2D eigenvalue weighted by Crippen LogP contribution is -2.34. The van der Waals surface area contributed by atoms with Crippen molar-refractivity contribution in [3.05, 3.63) is 59.1 Å². The molecule has 1 unspecified atom stereocenters. The van der Waals surface area contributed by atoms with Gasteiger partial charge in [-0.1, -0.05) is 24.3 Å². The highest BCUT2D eigenvalue weighted by Gasteiger charge is 2.16. The Labute approximate surface area is 164 Å². The highest BCUT2D eigenvalue weighted by atomic mass is 32.1. The van der Waals surface area contributed by atoms with Crippen LogP contribution in [0.3, 0.4) is 0 Å². The molecular weight excluding hydrogens is 358 g/mol. The number of hydrogen-bond acceptors (Lipinski definition) is 5. The van der Waals surface area contributed by atoms with Gasteiger partial charge in [-0.2, -0.15) is 0 Å². The Morgan fingerprint density at radius 2 is 1.93 bits per heavy atom. The van der Waals surface area contributed by atoms with E-state index in [1.165, 1.54) is 4.70 Å². The van der Waals surface area contributed by atoms with Crippen molar-refractivity contribution in [3.8, 4) is 5.75 Å². The van der Waals surface area contributed by atoms with E-state index < -0.39 is 0 Å². The fourth-order valence-corrected chi connectivity index (χ4v) is 3.94. The number of nitrogens with one attached hydrogen (secondary N) is 1. The highest BCUT2D eigenvalue weighted by Crippen LogP contribution is 2.23. The number of rotatable bonds is 8. The van der Waals surface area contributed by atoms with E-state index in [0.717, 1.165) is 21.8 Å². The van der Waals surface area contributed by atoms with Gasteiger partial charge in [-0.05, 0) is 43.9 Å². The van der Waals surface area contributed by atoms with Gasteiger partial charge in [0.25, 0.3) is 0 Å². The van der Waals surface area contributed by atoms with Crippen LogP contribution in [0.1, 0.15) is 23.0 Å². The van der Waals surface area contributed by atoms with Crippen LogP contribution in [0.15, 0.2) is 48.5 Å². The Bertz CT molecular complexity index is 857. The Balaban J connectivity index is 1.54. The van der Waals surface area contributed by atoms with E-state index in [0.29, 0.717) is 19.4 Å². The molecule has 0 fully saturated rings. The third-order valence-electron chi connectivity index (χ3n) is 4.52. The van der Waals surface area contributed by atoms with E-state index >= 15 is 0 Å². The normalized spacial score (nSPS) is 12.3. The number of nitrogens with zero attached hydrogens (tertiary/aromatic N) is 2. The van der Waals surface area contributed by atoms with Crippen molar-refractivity contribution in [2.75, 3.05) is 27.7 Å². The van der Waals surface area contributed by atoms with Crippen LogP contribution in [-0.4, -0.2) is 43.5 Å². The lowest BCUT2D eigenvalue weighted by atomic mass is 10.1. The number of aryl methyl sites for hydroxylation is 1. The molecule has 1 N–H and O–H groups in total. The number of amides is 1. The average Bonchev–Trinajstić information content (AvgIpc) is 3.10. The van der Waals surface area contributed by atoms with Crippen molar-refractivity contribution >= 4 is 27.5 Å². The number of aromatic nitrogens is 1. The largest absolute Gasteiger partial charge is 0.497 e. The van der Waals surface area contributed by atoms with E-state index in [1.54, 1.807) is 18.4 Å². The van der Waals surface area contributed by atoms with E-state index in [-0.39, 0.29) is 11.9 Å². The van der Waals surface area contributed by atoms with Crippen molar-refractivity contribution < 1.29 is 9.53 Å². The summed E-state index contributed by atoms with van der Waals surface area (Å²) in [5.74, 6) is 0.880. The van der Waals surface area contributed by atoms with Crippen molar-refractivity contribution in [1.82, 2.24) is 15.2 Å². The topological polar surface area (TPSA) is 54.5 Å². The third kappa shape index (κ3) is 5.05. The summed E-state index contributed by atoms with van der Waals surface area (Å²) in [4.78, 5) is 19.0. The third-order valence-corrected chi connectivity index (χ3v) is 5.62. The van der Waals surface area contributed by atoms with Crippen LogP contribution in [0.5, 0.6) is 5.75 Å². The van der Waals surface area contributed by atoms with E-state index in [4.69, 9.17) is 4.74 Å². The molecule has 0 saturated heterocycles. The number of benzene rings is 2. The summed E-state index contributed by atoms with van der Waals surface area (Å²) in [5.41, 5.74) is 2.15. The molecule has 3 rings (SSSR count). The van der Waals surface area contributed by atoms with E-state index in [9.17, 15) is 4.79 Å². The zero-order valence-corrected chi connectivity index (χ0v) is 16.8. The molecule has 142 valence electrons. The van der Waals surface area contributed by atoms with E-state index in [2.05, 4.69) is 21.3 Å². The summed E-state index contributed by atoms with van der Waals surface area (Å²) in [6.45, 7) is 0.567. The van der Waals surface area contributed by atoms with Crippen molar-refractivity contribution in [2.45, 2.75) is 18.9 Å². The Hall–Kier alpha value is -2.44. The van der Waals surface area contributed by atoms with Crippen LogP contribution >= 0.6 is 11.3 Å². The first-order valence-corrected chi connectivity index (χ1v) is 9.80. The van der Waals surface area contributed by atoms with Gasteiger partial charge in [-0.15, -0.1) is 11.3 Å². The van der Waals surface area contributed by atoms with Gasteiger partial charge in [0.05, 0.1) is 28.4 Å². The van der Waals surface area contributed by atoms with Crippen molar-refractivity contribution in [2.24, 2.45) is 0 Å². The quantitative estimate of drug-likeness (QED) is 0.645. The number of hydrogen-bond donors (Lipinski definition) is 1. The average molecular weight is 384 g/mol. The predicted octanol–water partition coefficient (Wildman–Crippen LogP) is 3.66. The monoisotopic (exact) mass is 383 g/mol. The lowest BCUT2D eigenvalue weighted by molar-refractivity contribution is -0.121. The van der Waals surface area contributed by atoms with Gasteiger partial charge in [-0.25, -0.2) is 4.98 Å². The first-order valence-electron chi connectivity index (χ1n) is 8.98. The lowest BCUT2D eigenvalue weighted by Gasteiger charge is -2.25. The molecule has 0 aliphatic heterocycles. The van der Waals surface area contributed by atoms with Gasteiger partial charge in [0.15, 0.2) is 0 Å². The molecule has 0 bridgehead atoms. The first-order chi connectivity index (χ1) is 13.1. The number of likely N-dealkylation sites (N-methyl/N-ethyl adjacent to an activating group) is 1. The van der Waals surface area contributed by atoms with Gasteiger partial charge in [0.1, 0.15) is 5.75 Å². The molecule has 6 heteroatoms. The Kier molecular flexibility index (Phi) is 6.42. The summed E-state index contributed by atoms with van der Waals surface area (Å²) < 4.78 is 6.38. The fourth-order valence-electron chi connectivity index (χ4n) is 2.97. The SMILES string of the molecule is COc1ccc(C(CNC(=O)CCc2nc3ccccc3s2)N(C)C)cc1. The Morgan fingerprint density at radius 3 is 2.59 bits per heavy atom. The summed E-state index contributed by atoms with van der Waals surface area (Å²) in [6, 6.07) is 16.1. The Morgan fingerprint density at radius 1 is 1.19 bits per heavy atom. The molecule has 3 aromatic rings. The molecule has 0 aliphatic rings. The summed E-state index contributed by atoms with van der Waals surface area (Å²) >= 11 is 1.66. The summed E-state index contributed by atoms with van der Waals surface area (Å²) in [7, 11) is 5.69. The van der Waals surface area contributed by atoms with Crippen LogP contribution < -0.4 is 10.1 Å². The maximum absolute atomic E-state index is 12.3. The number of methoxy groups -OCH3 is 1. The summed E-state index contributed by atoms with van der Waals surface area (Å²) in [5, 5.41) is 4.07. The van der Waals surface area contributed by atoms with Crippen LogP contribution in [0.25, 0.3) is 10.2 Å². The van der Waals surface area contributed by atoms with E-state index in [1.807, 2.05) is 56.6 Å².